The van der Waals surface area contributed by atoms with E-state index in [0.29, 0.717) is 19.4 Å². The third-order valence-corrected chi connectivity index (χ3v) is 15.9. The van der Waals surface area contributed by atoms with Gasteiger partial charge in [0.25, 0.3) is 0 Å². The van der Waals surface area contributed by atoms with Crippen molar-refractivity contribution in [3.63, 3.8) is 0 Å². The first-order valence-electron chi connectivity index (χ1n) is 34.3. The molecule has 0 aromatic heterocycles. The van der Waals surface area contributed by atoms with Gasteiger partial charge in [0.1, 0.15) is 0 Å². The van der Waals surface area contributed by atoms with Crippen molar-refractivity contribution >= 4 is 11.9 Å². The first kappa shape index (κ1) is 74.1. The van der Waals surface area contributed by atoms with Crippen LogP contribution in [0.25, 0.3) is 0 Å². The van der Waals surface area contributed by atoms with Crippen molar-refractivity contribution in [3.8, 4) is 0 Å². The summed E-state index contributed by atoms with van der Waals surface area (Å²) in [5, 5.41) is 23.2. The SMILES string of the molecule is CCCCC/C=C\C/C=C\CCCCCCCCCCCC(=O)OCCCCCCCCCCCCCCCCCCCCCCCCCCC(=O)NC(CO)C(O)/C=C/CCCCCCCCCCCCCCCC. The second-order valence-electron chi connectivity index (χ2n) is 23.5. The van der Waals surface area contributed by atoms with Gasteiger partial charge in [-0.3, -0.25) is 9.59 Å². The Morgan fingerprint density at radius 3 is 1.03 bits per heavy atom. The summed E-state index contributed by atoms with van der Waals surface area (Å²) in [7, 11) is 0. The molecular formula is C70H133NO5. The van der Waals surface area contributed by atoms with Gasteiger partial charge in [-0.15, -0.1) is 0 Å². The van der Waals surface area contributed by atoms with E-state index in [2.05, 4.69) is 43.5 Å². The topological polar surface area (TPSA) is 95.9 Å². The number of hydrogen-bond donors (Lipinski definition) is 3. The van der Waals surface area contributed by atoms with Gasteiger partial charge >= 0.3 is 5.97 Å². The van der Waals surface area contributed by atoms with E-state index >= 15 is 0 Å². The fourth-order valence-electron chi connectivity index (χ4n) is 10.7. The lowest BCUT2D eigenvalue weighted by atomic mass is 10.0. The van der Waals surface area contributed by atoms with Crippen LogP contribution in [0.4, 0.5) is 0 Å². The smallest absolute Gasteiger partial charge is 0.305 e. The van der Waals surface area contributed by atoms with Crippen LogP contribution >= 0.6 is 0 Å². The second kappa shape index (κ2) is 65.6. The third kappa shape index (κ3) is 61.3. The zero-order chi connectivity index (χ0) is 55.0. The Bertz CT molecular complexity index is 1230. The fraction of sp³-hybridized carbons (Fsp3) is 0.886. The van der Waals surface area contributed by atoms with Crippen molar-refractivity contribution in [2.45, 2.75) is 386 Å². The number of esters is 1. The molecule has 448 valence electrons. The molecule has 6 heteroatoms. The van der Waals surface area contributed by atoms with E-state index in [-0.39, 0.29) is 18.5 Å². The van der Waals surface area contributed by atoms with Crippen LogP contribution < -0.4 is 5.32 Å². The number of aliphatic hydroxyl groups excluding tert-OH is 2. The Kier molecular flexibility index (Phi) is 63.9. The van der Waals surface area contributed by atoms with Crippen LogP contribution in [-0.4, -0.2) is 47.4 Å². The van der Waals surface area contributed by atoms with E-state index < -0.39 is 12.1 Å². The molecule has 0 aromatic rings. The molecule has 2 atom stereocenters. The molecule has 0 aliphatic heterocycles. The molecule has 0 radical (unpaired) electrons. The number of amides is 1. The molecule has 0 aliphatic rings. The molecular weight excluding hydrogens is 935 g/mol. The predicted molar refractivity (Wildman–Crippen MR) is 333 cm³/mol. The summed E-state index contributed by atoms with van der Waals surface area (Å²) >= 11 is 0. The number of hydrogen-bond acceptors (Lipinski definition) is 5. The van der Waals surface area contributed by atoms with E-state index in [9.17, 15) is 19.8 Å². The van der Waals surface area contributed by atoms with Crippen molar-refractivity contribution in [1.82, 2.24) is 5.32 Å². The van der Waals surface area contributed by atoms with Crippen molar-refractivity contribution in [2.24, 2.45) is 0 Å². The predicted octanol–water partition coefficient (Wildman–Crippen LogP) is 21.9. The number of nitrogens with one attached hydrogen (secondary N) is 1. The quantitative estimate of drug-likeness (QED) is 0.0320. The number of allylic oxidation sites excluding steroid dienone is 5. The largest absolute Gasteiger partial charge is 0.466 e. The van der Waals surface area contributed by atoms with Crippen LogP contribution in [0.15, 0.2) is 36.5 Å². The monoisotopic (exact) mass is 1070 g/mol. The average molecular weight is 1070 g/mol. The summed E-state index contributed by atoms with van der Waals surface area (Å²) in [4.78, 5) is 24.6. The molecule has 0 heterocycles. The van der Waals surface area contributed by atoms with Gasteiger partial charge < -0.3 is 20.3 Å². The highest BCUT2D eigenvalue weighted by atomic mass is 16.5. The number of unbranched alkanes of at least 4 members (excludes halogenated alkanes) is 49. The van der Waals surface area contributed by atoms with Gasteiger partial charge in [0.05, 0.1) is 25.4 Å². The molecule has 1 amide bonds. The van der Waals surface area contributed by atoms with Crippen LogP contribution in [-0.2, 0) is 14.3 Å². The number of aliphatic hydroxyl groups is 2. The van der Waals surface area contributed by atoms with Gasteiger partial charge in [-0.25, -0.2) is 0 Å². The molecule has 2 unspecified atom stereocenters. The molecule has 0 aromatic carbocycles. The van der Waals surface area contributed by atoms with Crippen molar-refractivity contribution in [2.75, 3.05) is 13.2 Å². The lowest BCUT2D eigenvalue weighted by Crippen LogP contribution is -2.45. The van der Waals surface area contributed by atoms with Gasteiger partial charge in [-0.1, -0.05) is 333 Å². The minimum atomic E-state index is -0.844. The van der Waals surface area contributed by atoms with E-state index in [1.165, 1.54) is 295 Å². The highest BCUT2D eigenvalue weighted by Crippen LogP contribution is 2.18. The Labute approximate surface area is 474 Å². The summed E-state index contributed by atoms with van der Waals surface area (Å²) in [6, 6.07) is -0.627. The zero-order valence-electron chi connectivity index (χ0n) is 51.3. The Morgan fingerprint density at radius 2 is 0.658 bits per heavy atom. The average Bonchev–Trinajstić information content (AvgIpc) is 3.42. The van der Waals surface area contributed by atoms with Crippen molar-refractivity contribution in [3.05, 3.63) is 36.5 Å². The molecule has 6 nitrogen and oxygen atoms in total. The molecule has 0 aliphatic carbocycles. The molecule has 0 fully saturated rings. The van der Waals surface area contributed by atoms with E-state index in [0.717, 1.165) is 51.4 Å². The fourth-order valence-corrected chi connectivity index (χ4v) is 10.7. The molecule has 76 heavy (non-hydrogen) atoms. The number of ether oxygens (including phenoxy) is 1. The lowest BCUT2D eigenvalue weighted by molar-refractivity contribution is -0.143. The maximum atomic E-state index is 12.5. The maximum absolute atomic E-state index is 12.5. The summed E-state index contributed by atoms with van der Waals surface area (Å²) in [6.07, 6.45) is 83.5. The normalized spacial score (nSPS) is 12.7. The van der Waals surface area contributed by atoms with Crippen LogP contribution in [0.5, 0.6) is 0 Å². The summed E-state index contributed by atoms with van der Waals surface area (Å²) < 4.78 is 5.51. The zero-order valence-corrected chi connectivity index (χ0v) is 51.3. The van der Waals surface area contributed by atoms with E-state index in [1.807, 2.05) is 6.08 Å². The second-order valence-corrected chi connectivity index (χ2v) is 23.5. The molecule has 0 rings (SSSR count). The summed E-state index contributed by atoms with van der Waals surface area (Å²) in [5.41, 5.74) is 0. The molecule has 0 saturated carbocycles. The first-order valence-corrected chi connectivity index (χ1v) is 34.3. The molecule has 0 bridgehead atoms. The number of rotatable bonds is 64. The lowest BCUT2D eigenvalue weighted by Gasteiger charge is -2.20. The van der Waals surface area contributed by atoms with Crippen LogP contribution in [0.3, 0.4) is 0 Å². The minimum Gasteiger partial charge on any atom is -0.466 e. The van der Waals surface area contributed by atoms with Gasteiger partial charge in [0.15, 0.2) is 0 Å². The maximum Gasteiger partial charge on any atom is 0.305 e. The highest BCUT2D eigenvalue weighted by molar-refractivity contribution is 5.76. The van der Waals surface area contributed by atoms with Gasteiger partial charge in [0.2, 0.25) is 5.91 Å². The number of carbonyl (C=O) groups is 2. The van der Waals surface area contributed by atoms with E-state index in [1.54, 1.807) is 6.08 Å². The Balaban J connectivity index is 3.37. The van der Waals surface area contributed by atoms with E-state index in [4.69, 9.17) is 4.74 Å². The van der Waals surface area contributed by atoms with Crippen LogP contribution in [0.2, 0.25) is 0 Å². The van der Waals surface area contributed by atoms with Gasteiger partial charge in [-0.2, -0.15) is 0 Å². The van der Waals surface area contributed by atoms with Crippen molar-refractivity contribution < 1.29 is 24.5 Å². The number of carbonyl (C=O) groups excluding carboxylic acids is 2. The summed E-state index contributed by atoms with van der Waals surface area (Å²) in [5.74, 6) is -0.0530. The first-order chi connectivity index (χ1) is 37.5. The van der Waals surface area contributed by atoms with Gasteiger partial charge in [0, 0.05) is 12.8 Å². The molecule has 0 saturated heterocycles. The van der Waals surface area contributed by atoms with Crippen LogP contribution in [0.1, 0.15) is 373 Å². The molecule has 0 spiro atoms. The Hall–Kier alpha value is -1.92. The summed E-state index contributed by atoms with van der Waals surface area (Å²) in [6.45, 7) is 4.90. The standard InChI is InChI=1S/C70H133NO5/c1-3-5-7-9-11-13-15-17-19-21-28-32-36-40-44-48-52-56-60-64-70(75)76-65-61-57-53-49-45-41-37-33-30-27-25-23-22-24-26-29-31-35-39-43-47-51-55-59-63-69(74)71-67(66-72)68(73)62-58-54-50-46-42-38-34-20-18-16-14-12-10-8-6-4-2/h11,13,17,19,58,62,67-68,72-73H,3-10,12,14-16,18,20-57,59-61,63-66H2,1-2H3,(H,71,74)/b13-11-,19-17-,62-58+. The minimum absolute atomic E-state index is 0.0116. The molecule has 3 N–H and O–H groups in total. The van der Waals surface area contributed by atoms with Crippen molar-refractivity contribution in [1.29, 1.82) is 0 Å². The Morgan fingerprint density at radius 1 is 0.368 bits per heavy atom. The van der Waals surface area contributed by atoms with Crippen LogP contribution in [0, 0.1) is 0 Å². The highest BCUT2D eigenvalue weighted by Gasteiger charge is 2.18. The van der Waals surface area contributed by atoms with Gasteiger partial charge in [-0.05, 0) is 64.2 Å². The third-order valence-electron chi connectivity index (χ3n) is 15.9.